The third kappa shape index (κ3) is 3.64. The minimum atomic E-state index is -3.84. The number of rotatable bonds is 4. The van der Waals surface area contributed by atoms with Gasteiger partial charge in [-0.15, -0.1) is 0 Å². The fourth-order valence-electron chi connectivity index (χ4n) is 4.24. The maximum absolute atomic E-state index is 13.5. The second-order valence-electron chi connectivity index (χ2n) is 8.82. The van der Waals surface area contributed by atoms with Gasteiger partial charge in [-0.2, -0.15) is 5.10 Å². The van der Waals surface area contributed by atoms with Crippen LogP contribution in [-0.2, 0) is 16.4 Å². The van der Waals surface area contributed by atoms with Crippen LogP contribution in [-0.4, -0.2) is 34.8 Å². The number of fused-ring (bicyclic) bond motifs is 3. The number of benzene rings is 2. The molecule has 1 aliphatic heterocycles. The zero-order valence-corrected chi connectivity index (χ0v) is 20.1. The van der Waals surface area contributed by atoms with Gasteiger partial charge in [0.25, 0.3) is 10.0 Å². The van der Waals surface area contributed by atoms with Gasteiger partial charge in [0.05, 0.1) is 10.6 Å². The lowest BCUT2D eigenvalue weighted by Crippen LogP contribution is -2.33. The number of aromatic hydroxyl groups is 1. The molecule has 0 saturated heterocycles. The Morgan fingerprint density at radius 3 is 2.38 bits per heavy atom. The molecule has 4 aromatic rings. The van der Waals surface area contributed by atoms with E-state index >= 15 is 0 Å². The van der Waals surface area contributed by atoms with Crippen molar-refractivity contribution < 1.29 is 13.5 Å². The second kappa shape index (κ2) is 8.29. The van der Waals surface area contributed by atoms with E-state index in [0.717, 1.165) is 11.3 Å². The van der Waals surface area contributed by atoms with Crippen LogP contribution in [0.25, 0.3) is 16.9 Å². The first-order valence-electron chi connectivity index (χ1n) is 11.2. The van der Waals surface area contributed by atoms with Crippen LogP contribution in [0.2, 0.25) is 0 Å². The Morgan fingerprint density at radius 2 is 1.71 bits per heavy atom. The minimum Gasteiger partial charge on any atom is -0.493 e. The SMILES string of the molecule is Cc1ccc(S(=O)(=O)N2CCc3c(nn(-c4ccc(C(C)C)cc4)c3O)-c3cccnc32)cc1. The van der Waals surface area contributed by atoms with Gasteiger partial charge in [0.2, 0.25) is 5.88 Å². The van der Waals surface area contributed by atoms with Crippen molar-refractivity contribution in [3.8, 4) is 22.8 Å². The third-order valence-electron chi connectivity index (χ3n) is 6.21. The molecule has 1 aliphatic rings. The number of anilines is 1. The molecule has 0 bridgehead atoms. The summed E-state index contributed by atoms with van der Waals surface area (Å²) in [5, 5.41) is 15.8. The lowest BCUT2D eigenvalue weighted by Gasteiger charge is -2.23. The lowest BCUT2D eigenvalue weighted by molar-refractivity contribution is 0.428. The molecule has 0 saturated carbocycles. The third-order valence-corrected chi connectivity index (χ3v) is 8.02. The Morgan fingerprint density at radius 1 is 1.00 bits per heavy atom. The zero-order valence-electron chi connectivity index (χ0n) is 19.3. The van der Waals surface area contributed by atoms with Crippen molar-refractivity contribution in [2.24, 2.45) is 0 Å². The summed E-state index contributed by atoms with van der Waals surface area (Å²) in [7, 11) is -3.84. The van der Waals surface area contributed by atoms with Gasteiger partial charge in [-0.05, 0) is 61.2 Å². The molecular weight excluding hydrogens is 448 g/mol. The van der Waals surface area contributed by atoms with E-state index in [1.54, 1.807) is 42.6 Å². The van der Waals surface area contributed by atoms with Gasteiger partial charge < -0.3 is 5.11 Å². The van der Waals surface area contributed by atoms with E-state index < -0.39 is 10.0 Å². The van der Waals surface area contributed by atoms with E-state index in [2.05, 4.69) is 18.8 Å². The summed E-state index contributed by atoms with van der Waals surface area (Å²) < 4.78 is 29.9. The van der Waals surface area contributed by atoms with Gasteiger partial charge in [0.15, 0.2) is 5.82 Å². The lowest BCUT2D eigenvalue weighted by atomic mass is 10.0. The van der Waals surface area contributed by atoms with E-state index in [9.17, 15) is 13.5 Å². The fourth-order valence-corrected chi connectivity index (χ4v) is 5.68. The van der Waals surface area contributed by atoms with Gasteiger partial charge >= 0.3 is 0 Å². The highest BCUT2D eigenvalue weighted by molar-refractivity contribution is 7.92. The Bertz CT molecular complexity index is 1460. The largest absolute Gasteiger partial charge is 0.493 e. The summed E-state index contributed by atoms with van der Waals surface area (Å²) in [4.78, 5) is 4.63. The first-order valence-corrected chi connectivity index (χ1v) is 12.7. The molecule has 0 amide bonds. The Balaban J connectivity index is 1.61. The molecule has 0 aliphatic carbocycles. The number of sulfonamides is 1. The highest BCUT2D eigenvalue weighted by Gasteiger charge is 2.34. The molecule has 0 unspecified atom stereocenters. The van der Waals surface area contributed by atoms with Crippen molar-refractivity contribution >= 4 is 15.8 Å². The number of nitrogens with zero attached hydrogens (tertiary/aromatic N) is 4. The topological polar surface area (TPSA) is 88.3 Å². The molecule has 1 N–H and O–H groups in total. The van der Waals surface area contributed by atoms with Crippen molar-refractivity contribution in [3.63, 3.8) is 0 Å². The van der Waals surface area contributed by atoms with Crippen LogP contribution in [0.4, 0.5) is 5.82 Å². The number of hydrogen-bond donors (Lipinski definition) is 1. The number of aryl methyl sites for hydroxylation is 1. The van der Waals surface area contributed by atoms with Gasteiger partial charge in [0, 0.05) is 23.9 Å². The van der Waals surface area contributed by atoms with Crippen LogP contribution in [0.3, 0.4) is 0 Å². The summed E-state index contributed by atoms with van der Waals surface area (Å²) in [6.07, 6.45) is 1.87. The molecule has 0 fully saturated rings. The van der Waals surface area contributed by atoms with E-state index in [0.29, 0.717) is 35.0 Å². The van der Waals surface area contributed by atoms with Crippen LogP contribution in [0.1, 0.15) is 36.5 Å². The predicted octanol–water partition coefficient (Wildman–Crippen LogP) is 4.82. The molecule has 2 aromatic heterocycles. The van der Waals surface area contributed by atoms with Crippen LogP contribution >= 0.6 is 0 Å². The molecule has 0 radical (unpaired) electrons. The minimum absolute atomic E-state index is 0.0108. The highest BCUT2D eigenvalue weighted by Crippen LogP contribution is 2.40. The van der Waals surface area contributed by atoms with Crippen molar-refractivity contribution in [1.29, 1.82) is 0 Å². The van der Waals surface area contributed by atoms with Gasteiger partial charge in [0.1, 0.15) is 5.69 Å². The van der Waals surface area contributed by atoms with Crippen LogP contribution in [0.15, 0.2) is 71.8 Å². The number of aromatic nitrogens is 3. The average Bonchev–Trinajstić information content (AvgIpc) is 3.05. The molecule has 174 valence electrons. The summed E-state index contributed by atoms with van der Waals surface area (Å²) in [6, 6.07) is 18.2. The van der Waals surface area contributed by atoms with Crippen molar-refractivity contribution in [2.45, 2.75) is 38.0 Å². The van der Waals surface area contributed by atoms with Gasteiger partial charge in [-0.3, -0.25) is 0 Å². The Hall–Kier alpha value is -3.65. The van der Waals surface area contributed by atoms with Crippen LogP contribution in [0, 0.1) is 6.92 Å². The predicted molar refractivity (Wildman–Crippen MR) is 132 cm³/mol. The average molecular weight is 475 g/mol. The van der Waals surface area contributed by atoms with E-state index in [-0.39, 0.29) is 17.3 Å². The molecular formula is C26H26N4O3S. The molecule has 3 heterocycles. The number of hydrogen-bond acceptors (Lipinski definition) is 5. The monoisotopic (exact) mass is 474 g/mol. The first kappa shape index (κ1) is 22.2. The number of pyridine rings is 1. The zero-order chi connectivity index (χ0) is 24.0. The summed E-state index contributed by atoms with van der Waals surface area (Å²) in [5.41, 5.74) is 4.62. The molecule has 34 heavy (non-hydrogen) atoms. The van der Waals surface area contributed by atoms with E-state index in [1.165, 1.54) is 14.6 Å². The summed E-state index contributed by atoms with van der Waals surface area (Å²) in [5.74, 6) is 0.717. The first-order chi connectivity index (χ1) is 16.3. The summed E-state index contributed by atoms with van der Waals surface area (Å²) >= 11 is 0. The second-order valence-corrected chi connectivity index (χ2v) is 10.7. The quantitative estimate of drug-likeness (QED) is 0.458. The highest BCUT2D eigenvalue weighted by atomic mass is 32.2. The maximum atomic E-state index is 13.5. The Kier molecular flexibility index (Phi) is 5.40. The van der Waals surface area contributed by atoms with Crippen LogP contribution < -0.4 is 4.31 Å². The molecule has 0 spiro atoms. The standard InChI is InChI=1S/C26H26N4O3S/c1-17(2)19-8-10-20(11-9-19)30-26(31)23-14-16-29(25-22(24(23)28-30)5-4-15-27-25)34(32,33)21-12-6-18(3)7-13-21/h4-13,15,17,31H,14,16H2,1-3H3. The van der Waals surface area contributed by atoms with Gasteiger partial charge in [-0.25, -0.2) is 22.4 Å². The Labute approximate surface area is 199 Å². The van der Waals surface area contributed by atoms with Crippen molar-refractivity contribution in [1.82, 2.24) is 14.8 Å². The smallest absolute Gasteiger partial charge is 0.265 e. The normalized spacial score (nSPS) is 13.5. The molecule has 8 heteroatoms. The van der Waals surface area contributed by atoms with E-state index in [4.69, 9.17) is 5.10 Å². The van der Waals surface area contributed by atoms with Crippen LogP contribution in [0.5, 0.6) is 5.88 Å². The fraction of sp³-hybridized carbons (Fsp3) is 0.231. The van der Waals surface area contributed by atoms with Gasteiger partial charge in [-0.1, -0.05) is 43.7 Å². The van der Waals surface area contributed by atoms with Crippen molar-refractivity contribution in [2.75, 3.05) is 10.8 Å². The summed E-state index contributed by atoms with van der Waals surface area (Å²) in [6.45, 7) is 6.31. The van der Waals surface area contributed by atoms with Crippen molar-refractivity contribution in [3.05, 3.63) is 83.6 Å². The molecule has 0 atom stereocenters. The molecule has 7 nitrogen and oxygen atoms in total. The molecule has 2 aromatic carbocycles. The maximum Gasteiger partial charge on any atom is 0.265 e. The molecule has 5 rings (SSSR count). The van der Waals surface area contributed by atoms with E-state index in [1.807, 2.05) is 31.2 Å².